The fraction of sp³-hybridized carbons (Fsp3) is 0.440. The van der Waals surface area contributed by atoms with E-state index < -0.39 is 40.7 Å². The third-order valence-electron chi connectivity index (χ3n) is 7.02. The highest BCUT2D eigenvalue weighted by molar-refractivity contribution is 5.35. The van der Waals surface area contributed by atoms with Gasteiger partial charge in [0.2, 0.25) is 0 Å². The van der Waals surface area contributed by atoms with E-state index in [-0.39, 0.29) is 24.8 Å². The molecule has 200 valence electrons. The third kappa shape index (κ3) is 5.65. The van der Waals surface area contributed by atoms with E-state index in [4.69, 9.17) is 4.74 Å². The van der Waals surface area contributed by atoms with E-state index in [9.17, 15) is 31.4 Å². The molecule has 2 heterocycles. The topological polar surface area (TPSA) is 72.2 Å². The summed E-state index contributed by atoms with van der Waals surface area (Å²) in [5.74, 6) is 0. The van der Waals surface area contributed by atoms with Crippen LogP contribution in [0.5, 0.6) is 0 Å². The third-order valence-corrected chi connectivity index (χ3v) is 7.02. The number of ether oxygens (including phenoxy) is 1. The molecular weight excluding hydrogens is 502 g/mol. The molecule has 0 spiro atoms. The van der Waals surface area contributed by atoms with Crippen LogP contribution < -0.4 is 5.32 Å². The van der Waals surface area contributed by atoms with Crippen LogP contribution in [0.1, 0.15) is 48.1 Å². The van der Waals surface area contributed by atoms with Crippen molar-refractivity contribution in [1.82, 2.24) is 20.1 Å². The van der Waals surface area contributed by atoms with E-state index in [2.05, 4.69) is 15.5 Å². The number of aromatic nitrogens is 3. The number of alkyl halides is 6. The largest absolute Gasteiger partial charge is 0.416 e. The number of halogens is 6. The zero-order valence-corrected chi connectivity index (χ0v) is 19.9. The smallest absolute Gasteiger partial charge is 0.394 e. The molecule has 12 heteroatoms. The Labute approximate surface area is 209 Å². The minimum absolute atomic E-state index is 0.0283. The van der Waals surface area contributed by atoms with Crippen LogP contribution >= 0.6 is 0 Å². The van der Waals surface area contributed by atoms with Crippen LogP contribution in [0.4, 0.5) is 26.3 Å². The number of nitrogens with one attached hydrogen (secondary N) is 1. The minimum atomic E-state index is -4.94. The molecule has 2 aromatic carbocycles. The van der Waals surface area contributed by atoms with Crippen LogP contribution in [0.2, 0.25) is 0 Å². The molecular formula is C25H26F6N4O2. The molecule has 6 nitrogen and oxygen atoms in total. The maximum Gasteiger partial charge on any atom is 0.416 e. The summed E-state index contributed by atoms with van der Waals surface area (Å²) in [6, 6.07) is 10.7. The van der Waals surface area contributed by atoms with Crippen LogP contribution in [-0.4, -0.2) is 39.6 Å². The molecule has 0 bridgehead atoms. The second-order valence-electron chi connectivity index (χ2n) is 9.35. The van der Waals surface area contributed by atoms with E-state index in [0.717, 1.165) is 5.56 Å². The van der Waals surface area contributed by atoms with Gasteiger partial charge in [0.1, 0.15) is 12.7 Å². The lowest BCUT2D eigenvalue weighted by molar-refractivity contribution is -0.143. The maximum atomic E-state index is 13.3. The van der Waals surface area contributed by atoms with E-state index in [0.29, 0.717) is 31.5 Å². The molecule has 3 atom stereocenters. The van der Waals surface area contributed by atoms with Crippen molar-refractivity contribution in [2.45, 2.75) is 49.3 Å². The standard InChI is InChI=1S/C25H26F6N4O2/c1-17(18-9-20(24(26,27)28)11-21(10-18)25(29,30)31)37-14-23(19-5-3-2-4-6-19)8-7-22(13-36,12-32-23)35-15-33-34-16-35/h2-6,9-11,15-17,32,36H,7-8,12-14H2,1H3/t17-,22-,23+/m1/s1. The van der Waals surface area contributed by atoms with Gasteiger partial charge >= 0.3 is 12.4 Å². The van der Waals surface area contributed by atoms with Gasteiger partial charge in [-0.3, -0.25) is 0 Å². The van der Waals surface area contributed by atoms with Gasteiger partial charge in [-0.05, 0) is 49.1 Å². The highest BCUT2D eigenvalue weighted by atomic mass is 19.4. The van der Waals surface area contributed by atoms with Crippen molar-refractivity contribution in [2.75, 3.05) is 19.8 Å². The number of aliphatic hydroxyl groups excluding tert-OH is 1. The van der Waals surface area contributed by atoms with E-state index in [1.807, 2.05) is 30.3 Å². The molecule has 0 radical (unpaired) electrons. The minimum Gasteiger partial charge on any atom is -0.394 e. The normalized spacial score (nSPS) is 23.7. The molecule has 2 N–H and O–H groups in total. The lowest BCUT2D eigenvalue weighted by Gasteiger charge is -2.47. The zero-order valence-electron chi connectivity index (χ0n) is 19.9. The summed E-state index contributed by atoms with van der Waals surface area (Å²) < 4.78 is 87.7. The SMILES string of the molecule is C[C@@H](OC[C@]1(c2ccccc2)CC[C@@](CO)(n2cnnc2)CN1)c1cc(C(F)(F)F)cc(C(F)(F)F)c1. The molecule has 1 aliphatic rings. The number of aliphatic hydroxyl groups is 1. The summed E-state index contributed by atoms with van der Waals surface area (Å²) >= 11 is 0. The summed E-state index contributed by atoms with van der Waals surface area (Å²) in [4.78, 5) is 0. The molecule has 37 heavy (non-hydrogen) atoms. The lowest BCUT2D eigenvalue weighted by atomic mass is 9.76. The second-order valence-corrected chi connectivity index (χ2v) is 9.35. The van der Waals surface area contributed by atoms with Crippen molar-refractivity contribution >= 4 is 0 Å². The number of piperidine rings is 1. The van der Waals surface area contributed by atoms with Crippen molar-refractivity contribution in [3.05, 3.63) is 83.4 Å². The van der Waals surface area contributed by atoms with Gasteiger partial charge in [0.15, 0.2) is 0 Å². The van der Waals surface area contributed by atoms with E-state index >= 15 is 0 Å². The van der Waals surface area contributed by atoms with Gasteiger partial charge in [0.25, 0.3) is 0 Å². The van der Waals surface area contributed by atoms with E-state index in [1.165, 1.54) is 19.6 Å². The molecule has 3 aromatic rings. The van der Waals surface area contributed by atoms with Gasteiger partial charge in [-0.15, -0.1) is 10.2 Å². The van der Waals surface area contributed by atoms with Crippen molar-refractivity contribution in [3.8, 4) is 0 Å². The summed E-state index contributed by atoms with van der Waals surface area (Å²) in [6.45, 7) is 1.51. The molecule has 1 saturated heterocycles. The fourth-order valence-corrected chi connectivity index (χ4v) is 4.63. The number of hydrogen-bond donors (Lipinski definition) is 2. The number of benzene rings is 2. The van der Waals surface area contributed by atoms with Crippen molar-refractivity contribution in [2.24, 2.45) is 0 Å². The molecule has 0 saturated carbocycles. The van der Waals surface area contributed by atoms with Crippen molar-refractivity contribution in [3.63, 3.8) is 0 Å². The Morgan fingerprint density at radius 3 is 2.05 bits per heavy atom. The fourth-order valence-electron chi connectivity index (χ4n) is 4.63. The summed E-state index contributed by atoms with van der Waals surface area (Å²) in [6.07, 6.45) is -6.98. The first-order valence-electron chi connectivity index (χ1n) is 11.6. The van der Waals surface area contributed by atoms with Gasteiger partial charge in [-0.25, -0.2) is 0 Å². The molecule has 4 rings (SSSR count). The molecule has 1 aliphatic heterocycles. The van der Waals surface area contributed by atoms with Gasteiger partial charge in [-0.2, -0.15) is 26.3 Å². The highest BCUT2D eigenvalue weighted by Crippen LogP contribution is 2.40. The maximum absolute atomic E-state index is 13.3. The monoisotopic (exact) mass is 528 g/mol. The molecule has 0 aliphatic carbocycles. The van der Waals surface area contributed by atoms with Gasteiger partial charge in [-0.1, -0.05) is 30.3 Å². The average Bonchev–Trinajstić information content (AvgIpc) is 3.43. The molecule has 0 amide bonds. The number of nitrogens with zero attached hydrogens (tertiary/aromatic N) is 3. The molecule has 1 aromatic heterocycles. The summed E-state index contributed by atoms with van der Waals surface area (Å²) in [5.41, 5.74) is -3.66. The number of hydrogen-bond acceptors (Lipinski definition) is 5. The van der Waals surface area contributed by atoms with Crippen LogP contribution in [0.3, 0.4) is 0 Å². The Morgan fingerprint density at radius 1 is 0.973 bits per heavy atom. The van der Waals surface area contributed by atoms with Crippen molar-refractivity contribution in [1.29, 1.82) is 0 Å². The van der Waals surface area contributed by atoms with Crippen molar-refractivity contribution < 1.29 is 36.2 Å². The summed E-state index contributed by atoms with van der Waals surface area (Å²) in [5, 5.41) is 21.2. The first-order valence-corrected chi connectivity index (χ1v) is 11.6. The Bertz CT molecular complexity index is 1140. The first kappa shape index (κ1) is 27.1. The number of rotatable bonds is 7. The second kappa shape index (κ2) is 10.1. The Balaban J connectivity index is 1.60. The molecule has 0 unspecified atom stereocenters. The quantitative estimate of drug-likeness (QED) is 0.420. The first-order chi connectivity index (χ1) is 17.4. The predicted molar refractivity (Wildman–Crippen MR) is 121 cm³/mol. The predicted octanol–water partition coefficient (Wildman–Crippen LogP) is 5.06. The van der Waals surface area contributed by atoms with Crippen LogP contribution in [0.25, 0.3) is 0 Å². The Hall–Kier alpha value is -2.96. The van der Waals surface area contributed by atoms with Gasteiger partial charge in [0.05, 0.1) is 41.5 Å². The Morgan fingerprint density at radius 2 is 1.57 bits per heavy atom. The highest BCUT2D eigenvalue weighted by Gasteiger charge is 2.45. The van der Waals surface area contributed by atoms with Crippen LogP contribution in [0.15, 0.2) is 61.2 Å². The lowest BCUT2D eigenvalue weighted by Crippen LogP contribution is -2.60. The Kier molecular flexibility index (Phi) is 7.37. The van der Waals surface area contributed by atoms with Crippen LogP contribution in [0, 0.1) is 0 Å². The van der Waals surface area contributed by atoms with E-state index in [1.54, 1.807) is 4.57 Å². The van der Waals surface area contributed by atoms with Crippen LogP contribution in [-0.2, 0) is 28.2 Å². The summed E-state index contributed by atoms with van der Waals surface area (Å²) in [7, 11) is 0. The zero-order chi connectivity index (χ0) is 26.9. The average molecular weight is 528 g/mol. The molecule has 1 fully saturated rings. The van der Waals surface area contributed by atoms with Gasteiger partial charge in [0, 0.05) is 6.54 Å². The van der Waals surface area contributed by atoms with Gasteiger partial charge < -0.3 is 19.7 Å².